The van der Waals surface area contributed by atoms with Crippen LogP contribution in [0.15, 0.2) is 53.6 Å². The van der Waals surface area contributed by atoms with Gasteiger partial charge in [-0.05, 0) is 69.5 Å². The smallest absolute Gasteiger partial charge is 0.277 e. The summed E-state index contributed by atoms with van der Waals surface area (Å²) in [4.78, 5) is 26.6. The van der Waals surface area contributed by atoms with Gasteiger partial charge < -0.3 is 9.84 Å². The molecule has 0 bridgehead atoms. The van der Waals surface area contributed by atoms with E-state index < -0.39 is 11.2 Å². The molecule has 0 aliphatic heterocycles. The Kier molecular flexibility index (Phi) is 6.93. The molecule has 3 heterocycles. The van der Waals surface area contributed by atoms with E-state index in [1.807, 2.05) is 13.8 Å². The molecule has 0 spiro atoms. The zero-order valence-corrected chi connectivity index (χ0v) is 21.4. The lowest BCUT2D eigenvalue weighted by Gasteiger charge is -2.18. The van der Waals surface area contributed by atoms with Crippen molar-refractivity contribution in [3.05, 3.63) is 98.2 Å². The molecule has 7 nitrogen and oxygen atoms in total. The van der Waals surface area contributed by atoms with E-state index in [9.17, 15) is 14.3 Å². The van der Waals surface area contributed by atoms with Crippen molar-refractivity contribution in [3.8, 4) is 22.8 Å². The third kappa shape index (κ3) is 5.15. The second kappa shape index (κ2) is 9.79. The molecule has 0 atom stereocenters. The number of ether oxygens (including phenoxy) is 1. The third-order valence-electron chi connectivity index (χ3n) is 5.68. The van der Waals surface area contributed by atoms with E-state index in [1.54, 1.807) is 57.4 Å². The molecule has 0 amide bonds. The van der Waals surface area contributed by atoms with E-state index >= 15 is 0 Å². The molecule has 0 radical (unpaired) electrons. The quantitative estimate of drug-likeness (QED) is 0.384. The van der Waals surface area contributed by atoms with Crippen LogP contribution in [0.3, 0.4) is 0 Å². The van der Waals surface area contributed by atoms with Gasteiger partial charge in [-0.1, -0.05) is 23.7 Å². The number of halogens is 2. The van der Waals surface area contributed by atoms with E-state index in [-0.39, 0.29) is 29.0 Å². The first-order chi connectivity index (χ1) is 17.0. The predicted octanol–water partition coefficient (Wildman–Crippen LogP) is 5.21. The Morgan fingerprint density at radius 2 is 1.72 bits per heavy atom. The standard InChI is InChI=1S/C27H26ClFN4O3/c1-15-12-30-20(24-16(2)13-31-26(32-24)27(4,5)35)11-21(15)33-17(3)10-22(23(28)25(33)34)36-14-18-6-8-19(29)9-7-18/h6-13,35H,14H2,1-5H3. The molecule has 0 saturated heterocycles. The maximum atomic E-state index is 13.3. The summed E-state index contributed by atoms with van der Waals surface area (Å²) < 4.78 is 20.4. The minimum absolute atomic E-state index is 0.0667. The summed E-state index contributed by atoms with van der Waals surface area (Å²) in [5, 5.41) is 10.3. The number of rotatable bonds is 6. The van der Waals surface area contributed by atoms with Crippen LogP contribution in [0.5, 0.6) is 5.75 Å². The van der Waals surface area contributed by atoms with E-state index in [4.69, 9.17) is 16.3 Å². The topological polar surface area (TPSA) is 90.1 Å². The van der Waals surface area contributed by atoms with Gasteiger partial charge >= 0.3 is 0 Å². The number of nitrogens with zero attached hydrogens (tertiary/aromatic N) is 4. The number of hydrogen-bond donors (Lipinski definition) is 1. The molecule has 186 valence electrons. The second-order valence-corrected chi connectivity index (χ2v) is 9.54. The van der Waals surface area contributed by atoms with Gasteiger partial charge in [0.2, 0.25) is 0 Å². The van der Waals surface area contributed by atoms with Crippen LogP contribution in [-0.4, -0.2) is 24.6 Å². The Bertz CT molecular complexity index is 1500. The number of aromatic nitrogens is 4. The van der Waals surface area contributed by atoms with Gasteiger partial charge in [0, 0.05) is 24.2 Å². The zero-order chi connectivity index (χ0) is 26.2. The van der Waals surface area contributed by atoms with Crippen molar-refractivity contribution in [1.29, 1.82) is 0 Å². The van der Waals surface area contributed by atoms with Gasteiger partial charge in [-0.25, -0.2) is 14.4 Å². The average molecular weight is 509 g/mol. The van der Waals surface area contributed by atoms with Gasteiger partial charge in [0.15, 0.2) is 5.82 Å². The molecule has 0 aliphatic rings. The highest BCUT2D eigenvalue weighted by molar-refractivity contribution is 6.31. The number of pyridine rings is 2. The molecule has 0 aliphatic carbocycles. The molecule has 4 rings (SSSR count). The minimum atomic E-state index is -1.22. The van der Waals surface area contributed by atoms with Gasteiger partial charge in [-0.3, -0.25) is 14.3 Å². The van der Waals surface area contributed by atoms with Crippen molar-refractivity contribution in [3.63, 3.8) is 0 Å². The Morgan fingerprint density at radius 1 is 1.06 bits per heavy atom. The molecular formula is C27H26ClFN4O3. The van der Waals surface area contributed by atoms with Crippen LogP contribution in [0.25, 0.3) is 17.1 Å². The van der Waals surface area contributed by atoms with Gasteiger partial charge in [0.25, 0.3) is 5.56 Å². The van der Waals surface area contributed by atoms with Crippen LogP contribution >= 0.6 is 11.6 Å². The minimum Gasteiger partial charge on any atom is -0.487 e. The van der Waals surface area contributed by atoms with Crippen molar-refractivity contribution in [2.45, 2.75) is 46.8 Å². The van der Waals surface area contributed by atoms with Crippen LogP contribution in [-0.2, 0) is 12.2 Å². The van der Waals surface area contributed by atoms with Crippen molar-refractivity contribution >= 4 is 11.6 Å². The van der Waals surface area contributed by atoms with Crippen LogP contribution in [0.1, 0.15) is 42.1 Å². The molecule has 1 aromatic carbocycles. The van der Waals surface area contributed by atoms with E-state index in [1.165, 1.54) is 16.7 Å². The lowest BCUT2D eigenvalue weighted by atomic mass is 10.1. The van der Waals surface area contributed by atoms with Crippen LogP contribution in [0.4, 0.5) is 4.39 Å². The second-order valence-electron chi connectivity index (χ2n) is 9.16. The number of benzene rings is 1. The van der Waals surface area contributed by atoms with Crippen LogP contribution in [0.2, 0.25) is 5.02 Å². The van der Waals surface area contributed by atoms with E-state index in [0.29, 0.717) is 22.8 Å². The van der Waals surface area contributed by atoms with E-state index in [0.717, 1.165) is 16.7 Å². The number of aliphatic hydroxyl groups is 1. The SMILES string of the molecule is Cc1cnc(-c2nc(C(C)(C)O)ncc2C)cc1-n1c(C)cc(OCc2ccc(F)cc2)c(Cl)c1=O. The first-order valence-corrected chi connectivity index (χ1v) is 11.7. The van der Waals surface area contributed by atoms with Gasteiger partial charge in [0.05, 0.1) is 17.1 Å². The number of hydrogen-bond acceptors (Lipinski definition) is 6. The average Bonchev–Trinajstić information content (AvgIpc) is 2.82. The molecule has 9 heteroatoms. The highest BCUT2D eigenvalue weighted by Crippen LogP contribution is 2.28. The van der Waals surface area contributed by atoms with Gasteiger partial charge in [0.1, 0.15) is 28.8 Å². The third-order valence-corrected chi connectivity index (χ3v) is 6.03. The molecule has 0 fully saturated rings. The summed E-state index contributed by atoms with van der Waals surface area (Å²) in [6.45, 7) is 8.84. The van der Waals surface area contributed by atoms with Crippen molar-refractivity contribution in [1.82, 2.24) is 19.5 Å². The normalized spacial score (nSPS) is 11.6. The lowest BCUT2D eigenvalue weighted by Crippen LogP contribution is -2.23. The molecule has 0 saturated carbocycles. The summed E-state index contributed by atoms with van der Waals surface area (Å²) in [6, 6.07) is 9.36. The summed E-state index contributed by atoms with van der Waals surface area (Å²) in [5.41, 5.74) is 2.90. The lowest BCUT2D eigenvalue weighted by molar-refractivity contribution is 0.0688. The first kappa shape index (κ1) is 25.5. The van der Waals surface area contributed by atoms with Crippen molar-refractivity contribution in [2.24, 2.45) is 0 Å². The predicted molar refractivity (Wildman–Crippen MR) is 136 cm³/mol. The Labute approximate surface area is 213 Å². The maximum absolute atomic E-state index is 13.3. The Balaban J connectivity index is 1.75. The Hall–Kier alpha value is -3.62. The fourth-order valence-electron chi connectivity index (χ4n) is 3.71. The summed E-state index contributed by atoms with van der Waals surface area (Å²) >= 11 is 6.43. The summed E-state index contributed by atoms with van der Waals surface area (Å²) in [5.74, 6) is 0.176. The fraction of sp³-hybridized carbons (Fsp3) is 0.259. The highest BCUT2D eigenvalue weighted by Gasteiger charge is 2.22. The molecule has 0 unspecified atom stereocenters. The zero-order valence-electron chi connectivity index (χ0n) is 20.6. The molecular weight excluding hydrogens is 483 g/mol. The fourth-order valence-corrected chi connectivity index (χ4v) is 3.90. The summed E-state index contributed by atoms with van der Waals surface area (Å²) in [7, 11) is 0. The van der Waals surface area contributed by atoms with Crippen LogP contribution < -0.4 is 10.3 Å². The van der Waals surface area contributed by atoms with Crippen LogP contribution in [0, 0.1) is 26.6 Å². The van der Waals surface area contributed by atoms with E-state index in [2.05, 4.69) is 15.0 Å². The van der Waals surface area contributed by atoms with Gasteiger partial charge in [-0.15, -0.1) is 0 Å². The summed E-state index contributed by atoms with van der Waals surface area (Å²) in [6.07, 6.45) is 3.30. The van der Waals surface area contributed by atoms with Crippen molar-refractivity contribution < 1.29 is 14.2 Å². The monoisotopic (exact) mass is 508 g/mol. The molecule has 3 aromatic heterocycles. The molecule has 4 aromatic rings. The maximum Gasteiger partial charge on any atom is 0.277 e. The number of aryl methyl sites for hydroxylation is 3. The molecule has 36 heavy (non-hydrogen) atoms. The highest BCUT2D eigenvalue weighted by atomic mass is 35.5. The van der Waals surface area contributed by atoms with Crippen molar-refractivity contribution in [2.75, 3.05) is 0 Å². The van der Waals surface area contributed by atoms with Gasteiger partial charge in [-0.2, -0.15) is 0 Å². The first-order valence-electron chi connectivity index (χ1n) is 11.3. The Morgan fingerprint density at radius 3 is 2.39 bits per heavy atom. The molecule has 1 N–H and O–H groups in total. The largest absolute Gasteiger partial charge is 0.487 e.